The third-order valence-corrected chi connectivity index (χ3v) is 4.18. The first-order valence-corrected chi connectivity index (χ1v) is 7.96. The van der Waals surface area contributed by atoms with Crippen LogP contribution >= 0.6 is 15.9 Å². The van der Waals surface area contributed by atoms with Gasteiger partial charge in [-0.05, 0) is 59.8 Å². The maximum absolute atomic E-state index is 4.56. The van der Waals surface area contributed by atoms with Crippen molar-refractivity contribution >= 4 is 21.7 Å². The lowest BCUT2D eigenvalue weighted by Gasteiger charge is -2.34. The maximum Gasteiger partial charge on any atom is 0.131 e. The number of halogens is 1. The normalized spacial score (nSPS) is 17.2. The molecule has 4 heteroatoms. The second-order valence-corrected chi connectivity index (χ2v) is 6.70. The van der Waals surface area contributed by atoms with Gasteiger partial charge in [-0.15, -0.1) is 0 Å². The van der Waals surface area contributed by atoms with Crippen LogP contribution in [0.4, 0.5) is 5.82 Å². The van der Waals surface area contributed by atoms with E-state index in [9.17, 15) is 0 Å². The highest BCUT2D eigenvalue weighted by Crippen LogP contribution is 2.25. The van der Waals surface area contributed by atoms with Gasteiger partial charge in [0.25, 0.3) is 0 Å². The quantitative estimate of drug-likeness (QED) is 0.919. The third-order valence-electron chi connectivity index (χ3n) is 3.75. The Balaban J connectivity index is 1.89. The highest BCUT2D eigenvalue weighted by atomic mass is 79.9. The molecule has 2 heterocycles. The van der Waals surface area contributed by atoms with Crippen LogP contribution in [0.1, 0.15) is 32.3 Å². The van der Waals surface area contributed by atoms with Crippen molar-refractivity contribution in [3.05, 3.63) is 22.3 Å². The van der Waals surface area contributed by atoms with E-state index in [1.165, 1.54) is 18.4 Å². The topological polar surface area (TPSA) is 28.2 Å². The molecule has 1 aliphatic heterocycles. The van der Waals surface area contributed by atoms with Gasteiger partial charge in [0, 0.05) is 29.8 Å². The largest absolute Gasteiger partial charge is 0.356 e. The lowest BCUT2D eigenvalue weighted by molar-refractivity contribution is 0.369. The highest BCUT2D eigenvalue weighted by molar-refractivity contribution is 9.10. The van der Waals surface area contributed by atoms with Gasteiger partial charge in [-0.3, -0.25) is 0 Å². The molecular weight excluding hydrogens is 302 g/mol. The molecule has 0 aliphatic carbocycles. The summed E-state index contributed by atoms with van der Waals surface area (Å²) in [5.74, 6) is 1.97. The van der Waals surface area contributed by atoms with Gasteiger partial charge in [0.1, 0.15) is 5.82 Å². The van der Waals surface area contributed by atoms with E-state index in [1.807, 2.05) is 6.20 Å². The summed E-state index contributed by atoms with van der Waals surface area (Å²) in [5.41, 5.74) is 1.26. The van der Waals surface area contributed by atoms with Crippen molar-refractivity contribution in [2.75, 3.05) is 24.5 Å². The van der Waals surface area contributed by atoms with Crippen LogP contribution in [0.15, 0.2) is 16.7 Å². The van der Waals surface area contributed by atoms with Gasteiger partial charge in [-0.2, -0.15) is 0 Å². The van der Waals surface area contributed by atoms with Gasteiger partial charge in [0.15, 0.2) is 0 Å². The molecule has 0 amide bonds. The van der Waals surface area contributed by atoms with E-state index >= 15 is 0 Å². The van der Waals surface area contributed by atoms with Crippen LogP contribution in [0.5, 0.6) is 0 Å². The zero-order valence-electron chi connectivity index (χ0n) is 12.1. The van der Waals surface area contributed by atoms with E-state index in [-0.39, 0.29) is 0 Å². The minimum absolute atomic E-state index is 0.591. The first kappa shape index (κ1) is 14.8. The lowest BCUT2D eigenvalue weighted by Crippen LogP contribution is -2.39. The zero-order valence-corrected chi connectivity index (χ0v) is 13.7. The van der Waals surface area contributed by atoms with Crippen LogP contribution in [0.25, 0.3) is 0 Å². The van der Waals surface area contributed by atoms with Crippen LogP contribution in [0, 0.1) is 12.8 Å². The number of nitrogens with zero attached hydrogens (tertiary/aromatic N) is 2. The molecule has 1 saturated heterocycles. The molecule has 0 spiro atoms. The number of pyridine rings is 1. The number of hydrogen-bond donors (Lipinski definition) is 1. The van der Waals surface area contributed by atoms with E-state index in [0.717, 1.165) is 35.8 Å². The fourth-order valence-corrected chi connectivity index (χ4v) is 3.06. The fraction of sp³-hybridized carbons (Fsp3) is 0.667. The number of piperidine rings is 1. The van der Waals surface area contributed by atoms with Gasteiger partial charge in [0.05, 0.1) is 0 Å². The summed E-state index contributed by atoms with van der Waals surface area (Å²) in [6.07, 6.45) is 4.42. The monoisotopic (exact) mass is 325 g/mol. The molecule has 0 radical (unpaired) electrons. The molecule has 2 rings (SSSR count). The minimum atomic E-state index is 0.591. The van der Waals surface area contributed by atoms with E-state index < -0.39 is 0 Å². The average Bonchev–Trinajstić information content (AvgIpc) is 2.37. The van der Waals surface area contributed by atoms with Crippen molar-refractivity contribution < 1.29 is 0 Å². The molecule has 0 unspecified atom stereocenters. The Kier molecular flexibility index (Phi) is 5.22. The Labute approximate surface area is 124 Å². The van der Waals surface area contributed by atoms with E-state index in [1.54, 1.807) is 0 Å². The van der Waals surface area contributed by atoms with Crippen molar-refractivity contribution in [3.63, 3.8) is 0 Å². The van der Waals surface area contributed by atoms with Crippen LogP contribution < -0.4 is 10.2 Å². The minimum Gasteiger partial charge on any atom is -0.356 e. The van der Waals surface area contributed by atoms with E-state index in [4.69, 9.17) is 0 Å². The van der Waals surface area contributed by atoms with E-state index in [0.29, 0.717) is 6.04 Å². The summed E-state index contributed by atoms with van der Waals surface area (Å²) in [7, 11) is 0. The predicted molar refractivity (Wildman–Crippen MR) is 84.7 cm³/mol. The number of aryl methyl sites for hydroxylation is 1. The first-order valence-electron chi connectivity index (χ1n) is 7.16. The van der Waals surface area contributed by atoms with Crippen LogP contribution in [0.2, 0.25) is 0 Å². The van der Waals surface area contributed by atoms with Gasteiger partial charge in [0.2, 0.25) is 0 Å². The number of rotatable bonds is 4. The Morgan fingerprint density at radius 3 is 2.68 bits per heavy atom. The molecule has 106 valence electrons. The van der Waals surface area contributed by atoms with Crippen molar-refractivity contribution in [1.82, 2.24) is 10.3 Å². The van der Waals surface area contributed by atoms with Gasteiger partial charge >= 0.3 is 0 Å². The molecule has 0 atom stereocenters. The van der Waals surface area contributed by atoms with Crippen molar-refractivity contribution in [3.8, 4) is 0 Å². The summed E-state index contributed by atoms with van der Waals surface area (Å²) < 4.78 is 1.06. The predicted octanol–water partition coefficient (Wildman–Crippen LogP) is 3.37. The lowest BCUT2D eigenvalue weighted by atomic mass is 9.96. The summed E-state index contributed by atoms with van der Waals surface area (Å²) >= 11 is 3.47. The van der Waals surface area contributed by atoms with E-state index in [2.05, 4.69) is 58.0 Å². The Hall–Kier alpha value is -0.610. The third kappa shape index (κ3) is 4.18. The first-order chi connectivity index (χ1) is 9.06. The van der Waals surface area contributed by atoms with Gasteiger partial charge < -0.3 is 10.2 Å². The zero-order chi connectivity index (χ0) is 13.8. The standard InChI is InChI=1S/C15H24BrN3/c1-11(2)17-9-13-4-6-19(7-5-13)15-12(3)8-14(16)10-18-15/h8,10-11,13,17H,4-7,9H2,1-3H3. The highest BCUT2D eigenvalue weighted by Gasteiger charge is 2.21. The Morgan fingerprint density at radius 1 is 1.42 bits per heavy atom. The molecule has 1 aromatic heterocycles. The number of hydrogen-bond acceptors (Lipinski definition) is 3. The van der Waals surface area contributed by atoms with Gasteiger partial charge in [-0.1, -0.05) is 13.8 Å². The molecule has 1 fully saturated rings. The summed E-state index contributed by atoms with van der Waals surface area (Å²) in [5, 5.41) is 3.55. The van der Waals surface area contributed by atoms with Crippen LogP contribution in [-0.4, -0.2) is 30.7 Å². The number of nitrogens with one attached hydrogen (secondary N) is 1. The summed E-state index contributed by atoms with van der Waals surface area (Å²) in [6, 6.07) is 2.74. The van der Waals surface area contributed by atoms with Crippen molar-refractivity contribution in [2.24, 2.45) is 5.92 Å². The molecular formula is C15H24BrN3. The molecule has 0 saturated carbocycles. The molecule has 0 bridgehead atoms. The second-order valence-electron chi connectivity index (χ2n) is 5.79. The smallest absolute Gasteiger partial charge is 0.131 e. The summed E-state index contributed by atoms with van der Waals surface area (Å²) in [4.78, 5) is 6.99. The number of anilines is 1. The van der Waals surface area contributed by atoms with Crippen LogP contribution in [0.3, 0.4) is 0 Å². The molecule has 19 heavy (non-hydrogen) atoms. The van der Waals surface area contributed by atoms with Gasteiger partial charge in [-0.25, -0.2) is 4.98 Å². The second kappa shape index (κ2) is 6.71. The fourth-order valence-electron chi connectivity index (χ4n) is 2.62. The number of aromatic nitrogens is 1. The van der Waals surface area contributed by atoms with Crippen molar-refractivity contribution in [1.29, 1.82) is 0 Å². The Bertz CT molecular complexity index is 412. The average molecular weight is 326 g/mol. The molecule has 1 N–H and O–H groups in total. The summed E-state index contributed by atoms with van der Waals surface area (Å²) in [6.45, 7) is 9.96. The molecule has 1 aromatic rings. The molecule has 1 aliphatic rings. The van der Waals surface area contributed by atoms with Crippen LogP contribution in [-0.2, 0) is 0 Å². The van der Waals surface area contributed by atoms with Crippen molar-refractivity contribution in [2.45, 2.75) is 39.7 Å². The SMILES string of the molecule is Cc1cc(Br)cnc1N1CCC(CNC(C)C)CC1. The molecule has 3 nitrogen and oxygen atoms in total. The molecule has 0 aromatic carbocycles. The maximum atomic E-state index is 4.56. The Morgan fingerprint density at radius 2 is 2.11 bits per heavy atom.